The molecule has 8 nitrogen and oxygen atoms in total. The number of benzene rings is 1. The van der Waals surface area contributed by atoms with Crippen LogP contribution in [-0.4, -0.2) is 36.6 Å². The van der Waals surface area contributed by atoms with E-state index in [2.05, 4.69) is 41.5 Å². The Kier molecular flexibility index (Phi) is 5.72. The second-order valence-electron chi connectivity index (χ2n) is 5.96. The molecule has 3 aromatic heterocycles. The highest BCUT2D eigenvalue weighted by atomic mass is 79.9. The lowest BCUT2D eigenvalue weighted by Gasteiger charge is -2.03. The van der Waals surface area contributed by atoms with Crippen molar-refractivity contribution in [2.75, 3.05) is 11.1 Å². The van der Waals surface area contributed by atoms with E-state index in [0.29, 0.717) is 16.9 Å². The smallest absolute Gasteiger partial charge is 0.277 e. The van der Waals surface area contributed by atoms with Gasteiger partial charge in [0.25, 0.3) is 11.1 Å². The highest BCUT2D eigenvalue weighted by molar-refractivity contribution is 9.10. The van der Waals surface area contributed by atoms with Gasteiger partial charge in [-0.05, 0) is 47.1 Å². The van der Waals surface area contributed by atoms with Crippen LogP contribution in [0, 0.1) is 6.92 Å². The first-order chi connectivity index (χ1) is 14.1. The molecule has 0 bridgehead atoms. The summed E-state index contributed by atoms with van der Waals surface area (Å²) in [6.45, 7) is 1.94. The standard InChI is InChI=1S/C19H15BrN6O2S/c1-12-15(10-22-26(12)14-5-3-2-4-6-14)18-24-25-19(28-18)29-11-17(27)23-16-8-7-13(20)9-21-16/h2-10H,11H2,1H3,(H,21,23,27). The minimum Gasteiger partial charge on any atom is -0.411 e. The number of hydrogen-bond acceptors (Lipinski definition) is 7. The largest absolute Gasteiger partial charge is 0.411 e. The van der Waals surface area contributed by atoms with Crippen molar-refractivity contribution < 1.29 is 9.21 Å². The molecule has 0 saturated heterocycles. The zero-order valence-corrected chi connectivity index (χ0v) is 17.6. The molecule has 0 aliphatic rings. The van der Waals surface area contributed by atoms with Crippen molar-refractivity contribution in [3.63, 3.8) is 0 Å². The number of nitrogens with one attached hydrogen (secondary N) is 1. The van der Waals surface area contributed by atoms with Gasteiger partial charge in [-0.15, -0.1) is 10.2 Å². The van der Waals surface area contributed by atoms with E-state index in [4.69, 9.17) is 4.42 Å². The third-order valence-electron chi connectivity index (χ3n) is 3.97. The number of hydrogen-bond donors (Lipinski definition) is 1. The Morgan fingerprint density at radius 3 is 2.76 bits per heavy atom. The Bertz CT molecular complexity index is 1130. The Morgan fingerprint density at radius 2 is 2.00 bits per heavy atom. The minimum absolute atomic E-state index is 0.127. The van der Waals surface area contributed by atoms with E-state index in [1.165, 1.54) is 0 Å². The number of carbonyl (C=O) groups excluding carboxylic acids is 1. The van der Waals surface area contributed by atoms with E-state index >= 15 is 0 Å². The van der Waals surface area contributed by atoms with Crippen LogP contribution < -0.4 is 5.32 Å². The van der Waals surface area contributed by atoms with Crippen molar-refractivity contribution in [2.24, 2.45) is 0 Å². The molecule has 10 heteroatoms. The molecule has 1 aromatic carbocycles. The minimum atomic E-state index is -0.211. The quantitative estimate of drug-likeness (QED) is 0.423. The third kappa shape index (κ3) is 4.54. The van der Waals surface area contributed by atoms with Crippen LogP contribution in [0.5, 0.6) is 0 Å². The molecule has 0 saturated carbocycles. The average Bonchev–Trinajstić information content (AvgIpc) is 3.35. The molecular weight excluding hydrogens is 456 g/mol. The zero-order valence-electron chi connectivity index (χ0n) is 15.2. The molecule has 4 aromatic rings. The average molecular weight is 471 g/mol. The lowest BCUT2D eigenvalue weighted by atomic mass is 10.2. The number of pyridine rings is 1. The summed E-state index contributed by atoms with van der Waals surface area (Å²) in [5.41, 5.74) is 2.58. The molecule has 0 atom stereocenters. The number of amides is 1. The van der Waals surface area contributed by atoms with Crippen LogP contribution in [0.3, 0.4) is 0 Å². The van der Waals surface area contributed by atoms with Crippen molar-refractivity contribution in [3.05, 3.63) is 65.0 Å². The predicted octanol–water partition coefficient (Wildman–Crippen LogP) is 4.12. The van der Waals surface area contributed by atoms with Crippen molar-refractivity contribution in [2.45, 2.75) is 12.1 Å². The Hall–Kier alpha value is -2.98. The van der Waals surface area contributed by atoms with Gasteiger partial charge in [-0.25, -0.2) is 9.67 Å². The first-order valence-electron chi connectivity index (χ1n) is 8.58. The Labute approximate surface area is 178 Å². The Balaban J connectivity index is 1.40. The van der Waals surface area contributed by atoms with Crippen LogP contribution in [0.1, 0.15) is 5.69 Å². The molecule has 0 radical (unpaired) electrons. The summed E-state index contributed by atoms with van der Waals surface area (Å²) in [7, 11) is 0. The van der Waals surface area contributed by atoms with Gasteiger partial charge in [0, 0.05) is 10.7 Å². The number of anilines is 1. The predicted molar refractivity (Wildman–Crippen MR) is 113 cm³/mol. The van der Waals surface area contributed by atoms with E-state index in [9.17, 15) is 4.79 Å². The van der Waals surface area contributed by atoms with E-state index in [1.54, 1.807) is 24.5 Å². The highest BCUT2D eigenvalue weighted by Crippen LogP contribution is 2.27. The molecule has 146 valence electrons. The molecule has 4 rings (SSSR count). The van der Waals surface area contributed by atoms with Crippen LogP contribution in [0.15, 0.2) is 69.0 Å². The van der Waals surface area contributed by atoms with Gasteiger partial charge in [0.2, 0.25) is 5.91 Å². The van der Waals surface area contributed by atoms with Crippen molar-refractivity contribution in [3.8, 4) is 17.1 Å². The van der Waals surface area contributed by atoms with Crippen molar-refractivity contribution >= 4 is 39.4 Å². The number of para-hydroxylation sites is 1. The molecule has 0 unspecified atom stereocenters. The van der Waals surface area contributed by atoms with Crippen LogP contribution in [0.2, 0.25) is 0 Å². The van der Waals surface area contributed by atoms with Gasteiger partial charge >= 0.3 is 0 Å². The summed E-state index contributed by atoms with van der Waals surface area (Å²) in [5, 5.41) is 15.5. The maximum absolute atomic E-state index is 12.1. The number of nitrogens with zero attached hydrogens (tertiary/aromatic N) is 5. The summed E-state index contributed by atoms with van der Waals surface area (Å²) in [5.74, 6) is 0.760. The number of aromatic nitrogens is 5. The van der Waals surface area contributed by atoms with Crippen molar-refractivity contribution in [1.82, 2.24) is 25.0 Å². The number of halogens is 1. The van der Waals surface area contributed by atoms with Crippen LogP contribution >= 0.6 is 27.7 Å². The van der Waals surface area contributed by atoms with Gasteiger partial charge in [0.15, 0.2) is 0 Å². The van der Waals surface area contributed by atoms with Gasteiger partial charge < -0.3 is 9.73 Å². The van der Waals surface area contributed by atoms with Gasteiger partial charge in [0.05, 0.1) is 28.9 Å². The number of thioether (sulfide) groups is 1. The fourth-order valence-electron chi connectivity index (χ4n) is 2.58. The fourth-order valence-corrected chi connectivity index (χ4v) is 3.38. The summed E-state index contributed by atoms with van der Waals surface area (Å²) in [6.07, 6.45) is 3.31. The molecule has 0 aliphatic heterocycles. The normalized spacial score (nSPS) is 10.8. The van der Waals surface area contributed by atoms with Crippen molar-refractivity contribution in [1.29, 1.82) is 0 Å². The second kappa shape index (κ2) is 8.58. The van der Waals surface area contributed by atoms with E-state index < -0.39 is 0 Å². The van der Waals surface area contributed by atoms with Gasteiger partial charge in [0.1, 0.15) is 5.82 Å². The SMILES string of the molecule is Cc1c(-c2nnc(SCC(=O)Nc3ccc(Br)cn3)o2)cnn1-c1ccccc1. The molecule has 1 N–H and O–H groups in total. The second-order valence-corrected chi connectivity index (χ2v) is 7.80. The van der Waals surface area contributed by atoms with Gasteiger partial charge in [-0.2, -0.15) is 5.10 Å². The van der Waals surface area contributed by atoms with E-state index in [0.717, 1.165) is 33.2 Å². The fraction of sp³-hybridized carbons (Fsp3) is 0.105. The first-order valence-corrected chi connectivity index (χ1v) is 10.4. The van der Waals surface area contributed by atoms with Gasteiger partial charge in [-0.1, -0.05) is 30.0 Å². The van der Waals surface area contributed by atoms with Crippen LogP contribution in [-0.2, 0) is 4.79 Å². The summed E-state index contributed by atoms with van der Waals surface area (Å²) >= 11 is 4.46. The van der Waals surface area contributed by atoms with Crippen LogP contribution in [0.25, 0.3) is 17.1 Å². The zero-order chi connectivity index (χ0) is 20.2. The maximum Gasteiger partial charge on any atom is 0.277 e. The number of rotatable bonds is 6. The molecule has 0 aliphatic carbocycles. The third-order valence-corrected chi connectivity index (χ3v) is 5.26. The van der Waals surface area contributed by atoms with Gasteiger partial charge in [-0.3, -0.25) is 4.79 Å². The van der Waals surface area contributed by atoms with Crippen LogP contribution in [0.4, 0.5) is 5.82 Å². The highest BCUT2D eigenvalue weighted by Gasteiger charge is 2.17. The summed E-state index contributed by atoms with van der Waals surface area (Å²) < 4.78 is 8.35. The molecule has 0 spiro atoms. The topological polar surface area (TPSA) is 98.7 Å². The summed E-state index contributed by atoms with van der Waals surface area (Å²) in [4.78, 5) is 16.2. The first kappa shape index (κ1) is 19.3. The maximum atomic E-state index is 12.1. The Morgan fingerprint density at radius 1 is 1.17 bits per heavy atom. The molecule has 29 heavy (non-hydrogen) atoms. The molecular formula is C19H15BrN6O2S. The molecule has 3 heterocycles. The summed E-state index contributed by atoms with van der Waals surface area (Å²) in [6, 6.07) is 13.3. The molecule has 0 fully saturated rings. The molecule has 1 amide bonds. The lowest BCUT2D eigenvalue weighted by molar-refractivity contribution is -0.113. The lowest BCUT2D eigenvalue weighted by Crippen LogP contribution is -2.14. The van der Waals surface area contributed by atoms with E-state index in [-0.39, 0.29) is 11.7 Å². The number of carbonyl (C=O) groups is 1. The van der Waals surface area contributed by atoms with E-state index in [1.807, 2.05) is 41.9 Å². The monoisotopic (exact) mass is 470 g/mol.